The van der Waals surface area contributed by atoms with Gasteiger partial charge in [0, 0.05) is 0 Å². The predicted octanol–water partition coefficient (Wildman–Crippen LogP) is -0.0110. The highest BCUT2D eigenvalue weighted by Crippen LogP contribution is 2.08. The van der Waals surface area contributed by atoms with E-state index in [0.717, 1.165) is 0 Å². The average Bonchev–Trinajstić information content (AvgIpc) is 2.04. The maximum Gasteiger partial charge on any atom is 0.549 e. The van der Waals surface area contributed by atoms with Crippen LogP contribution in [0.4, 0.5) is 4.79 Å². The quantitative estimate of drug-likeness (QED) is 0.402. The number of carbonyl (C=O) groups excluding carboxylic acids is 1. The van der Waals surface area contributed by atoms with Crippen molar-refractivity contribution < 1.29 is 24.1 Å². The molecule has 64 valence electrons. The largest absolute Gasteiger partial charge is 0.549 e. The van der Waals surface area contributed by atoms with Gasteiger partial charge < -0.3 is 9.47 Å². The van der Waals surface area contributed by atoms with Gasteiger partial charge in [-0.2, -0.15) is 4.79 Å². The summed E-state index contributed by atoms with van der Waals surface area (Å²) in [6.07, 6.45) is -0.617. The van der Waals surface area contributed by atoms with Gasteiger partial charge in [0.15, 0.2) is 0 Å². The van der Waals surface area contributed by atoms with E-state index in [4.69, 9.17) is 4.74 Å². The molecule has 0 aliphatic carbocycles. The van der Waals surface area contributed by atoms with Crippen molar-refractivity contribution in [2.75, 3.05) is 33.4 Å². The molecule has 0 aromatic rings. The lowest BCUT2D eigenvalue weighted by Crippen LogP contribution is -2.56. The molecular weight excluding hydrogens is 150 g/mol. The number of quaternary nitrogens is 1. The predicted molar refractivity (Wildman–Crippen MR) is 35.0 cm³/mol. The topological polar surface area (TPSA) is 55.8 Å². The number of rotatable bonds is 0. The van der Waals surface area contributed by atoms with E-state index in [2.05, 4.69) is 4.74 Å². The number of ether oxygens (including phenoxy) is 2. The molecule has 1 heterocycles. The lowest BCUT2D eigenvalue weighted by Gasteiger charge is -2.28. The van der Waals surface area contributed by atoms with E-state index in [1.165, 1.54) is 7.11 Å². The number of hydroxylamine groups is 3. The zero-order valence-electron chi connectivity index (χ0n) is 6.45. The zero-order valence-corrected chi connectivity index (χ0v) is 6.45. The summed E-state index contributed by atoms with van der Waals surface area (Å²) >= 11 is 0. The molecular formula is C6H12NO4+. The van der Waals surface area contributed by atoms with E-state index in [0.29, 0.717) is 13.2 Å². The molecule has 1 aliphatic rings. The fourth-order valence-electron chi connectivity index (χ4n) is 0.997. The second kappa shape index (κ2) is 3.17. The standard InChI is InChI=1S/C6H12NO4/c1-10-6(8)7(9)2-4-11-5-3-7/h9H,2-5H2,1H3/q+1. The Bertz CT molecular complexity index is 153. The Morgan fingerprint density at radius 2 is 2.09 bits per heavy atom. The van der Waals surface area contributed by atoms with Crippen LogP contribution in [-0.2, 0) is 9.47 Å². The molecule has 5 heteroatoms. The van der Waals surface area contributed by atoms with Crippen molar-refractivity contribution in [3.05, 3.63) is 0 Å². The monoisotopic (exact) mass is 162 g/mol. The number of hydrogen-bond donors (Lipinski definition) is 1. The second-order valence-electron chi connectivity index (χ2n) is 2.45. The number of carbonyl (C=O) groups is 1. The Morgan fingerprint density at radius 3 is 2.55 bits per heavy atom. The molecule has 0 atom stereocenters. The highest BCUT2D eigenvalue weighted by Gasteiger charge is 2.39. The number of nitrogens with zero attached hydrogens (tertiary/aromatic N) is 1. The van der Waals surface area contributed by atoms with Crippen LogP contribution < -0.4 is 0 Å². The summed E-state index contributed by atoms with van der Waals surface area (Å²) in [5, 5.41) is 9.52. The van der Waals surface area contributed by atoms with E-state index >= 15 is 0 Å². The summed E-state index contributed by atoms with van der Waals surface area (Å²) in [7, 11) is 1.26. The Kier molecular flexibility index (Phi) is 2.43. The number of amides is 1. The lowest BCUT2D eigenvalue weighted by atomic mass is 10.4. The molecule has 11 heavy (non-hydrogen) atoms. The van der Waals surface area contributed by atoms with E-state index < -0.39 is 10.7 Å². The van der Waals surface area contributed by atoms with E-state index in [9.17, 15) is 10.0 Å². The fourth-order valence-corrected chi connectivity index (χ4v) is 0.997. The molecule has 0 bridgehead atoms. The number of methoxy groups -OCH3 is 1. The Labute approximate surface area is 64.7 Å². The summed E-state index contributed by atoms with van der Waals surface area (Å²) in [4.78, 5) is 10.9. The van der Waals surface area contributed by atoms with Crippen LogP contribution in [0.1, 0.15) is 0 Å². The first-order chi connectivity index (χ1) is 5.19. The molecule has 1 fully saturated rings. The van der Waals surface area contributed by atoms with E-state index in [-0.39, 0.29) is 13.1 Å². The fraction of sp³-hybridized carbons (Fsp3) is 0.833. The van der Waals surface area contributed by atoms with Crippen LogP contribution in [0.5, 0.6) is 0 Å². The number of morpholine rings is 1. The van der Waals surface area contributed by atoms with Crippen LogP contribution in [0, 0.1) is 0 Å². The normalized spacial score (nSPS) is 22.7. The molecule has 1 N–H and O–H groups in total. The molecule has 0 aromatic heterocycles. The molecule has 5 nitrogen and oxygen atoms in total. The first-order valence-electron chi connectivity index (χ1n) is 3.45. The summed E-state index contributed by atoms with van der Waals surface area (Å²) in [6, 6.07) is 0. The molecule has 1 saturated heterocycles. The highest BCUT2D eigenvalue weighted by molar-refractivity contribution is 5.58. The molecule has 1 aliphatic heterocycles. The van der Waals surface area contributed by atoms with Gasteiger partial charge in [-0.1, -0.05) is 4.65 Å². The van der Waals surface area contributed by atoms with Crippen molar-refractivity contribution in [1.29, 1.82) is 0 Å². The Hall–Kier alpha value is -0.650. The van der Waals surface area contributed by atoms with Crippen molar-refractivity contribution in [1.82, 2.24) is 0 Å². The van der Waals surface area contributed by atoms with Crippen LogP contribution in [0.15, 0.2) is 0 Å². The van der Waals surface area contributed by atoms with Gasteiger partial charge in [-0.05, 0) is 0 Å². The summed E-state index contributed by atoms with van der Waals surface area (Å²) in [6.45, 7) is 1.33. The summed E-state index contributed by atoms with van der Waals surface area (Å²) < 4.78 is 8.74. The Balaban J connectivity index is 2.56. The minimum absolute atomic E-state index is 0.271. The molecule has 1 rings (SSSR count). The molecule has 0 spiro atoms. The maximum absolute atomic E-state index is 10.9. The smallest absolute Gasteiger partial charge is 0.421 e. The SMILES string of the molecule is COC(=O)[N+]1(O)CCOCC1. The molecule has 1 amide bonds. The van der Waals surface area contributed by atoms with Crippen LogP contribution in [0.25, 0.3) is 0 Å². The lowest BCUT2D eigenvalue weighted by molar-refractivity contribution is -1.05. The van der Waals surface area contributed by atoms with Gasteiger partial charge in [0.05, 0.1) is 20.3 Å². The minimum atomic E-state index is -0.656. The van der Waals surface area contributed by atoms with E-state index in [1.807, 2.05) is 0 Å². The van der Waals surface area contributed by atoms with Gasteiger partial charge in [0.25, 0.3) is 0 Å². The maximum atomic E-state index is 10.9. The molecule has 0 radical (unpaired) electrons. The summed E-state index contributed by atoms with van der Waals surface area (Å²) in [5.74, 6) is 0. The molecule has 0 unspecified atom stereocenters. The van der Waals surface area contributed by atoms with Gasteiger partial charge >= 0.3 is 6.09 Å². The van der Waals surface area contributed by atoms with Crippen molar-refractivity contribution in [3.8, 4) is 0 Å². The third-order valence-corrected chi connectivity index (χ3v) is 1.73. The third-order valence-electron chi connectivity index (χ3n) is 1.73. The van der Waals surface area contributed by atoms with Gasteiger partial charge in [0.1, 0.15) is 13.1 Å². The van der Waals surface area contributed by atoms with Crippen LogP contribution in [-0.4, -0.2) is 49.4 Å². The average molecular weight is 162 g/mol. The minimum Gasteiger partial charge on any atom is -0.421 e. The first kappa shape index (κ1) is 8.45. The van der Waals surface area contributed by atoms with Crippen molar-refractivity contribution in [3.63, 3.8) is 0 Å². The number of hydrogen-bond acceptors (Lipinski definition) is 4. The third kappa shape index (κ3) is 1.68. The highest BCUT2D eigenvalue weighted by atomic mass is 16.7. The van der Waals surface area contributed by atoms with Gasteiger partial charge in [-0.25, -0.2) is 5.21 Å². The van der Waals surface area contributed by atoms with Gasteiger partial charge in [-0.15, -0.1) is 0 Å². The van der Waals surface area contributed by atoms with Crippen LogP contribution in [0.2, 0.25) is 0 Å². The van der Waals surface area contributed by atoms with Crippen molar-refractivity contribution in [2.24, 2.45) is 0 Å². The first-order valence-corrected chi connectivity index (χ1v) is 3.45. The van der Waals surface area contributed by atoms with Crippen LogP contribution in [0.3, 0.4) is 0 Å². The van der Waals surface area contributed by atoms with Crippen molar-refractivity contribution in [2.45, 2.75) is 0 Å². The molecule has 0 aromatic carbocycles. The Morgan fingerprint density at radius 1 is 1.55 bits per heavy atom. The zero-order chi connectivity index (χ0) is 8.32. The second-order valence-corrected chi connectivity index (χ2v) is 2.45. The van der Waals surface area contributed by atoms with E-state index in [1.54, 1.807) is 0 Å². The van der Waals surface area contributed by atoms with Gasteiger partial charge in [-0.3, -0.25) is 0 Å². The van der Waals surface area contributed by atoms with Crippen LogP contribution >= 0.6 is 0 Å². The summed E-state index contributed by atoms with van der Waals surface area (Å²) in [5.41, 5.74) is 0. The van der Waals surface area contributed by atoms with Crippen molar-refractivity contribution >= 4 is 6.09 Å². The molecule has 0 saturated carbocycles. The van der Waals surface area contributed by atoms with Gasteiger partial charge in [0.2, 0.25) is 0 Å².